The molecule has 4 aliphatic heterocycles. The van der Waals surface area contributed by atoms with Crippen molar-refractivity contribution >= 4 is 45.9 Å². The van der Waals surface area contributed by atoms with Crippen molar-refractivity contribution in [1.82, 2.24) is 43.7 Å². The molecule has 5 fully saturated rings. The van der Waals surface area contributed by atoms with Gasteiger partial charge in [-0.05, 0) is 81.9 Å². The van der Waals surface area contributed by atoms with Crippen molar-refractivity contribution in [2.75, 3.05) is 62.8 Å². The molecule has 10 rings (SSSR count). The van der Waals surface area contributed by atoms with E-state index in [1.54, 1.807) is 30.2 Å². The molecule has 8 heterocycles. The quantitative estimate of drug-likeness (QED) is 0.148. The molecule has 3 amide bonds. The third-order valence-corrected chi connectivity index (χ3v) is 14.1. The topological polar surface area (TPSA) is 175 Å². The number of aryl methyl sites for hydroxylation is 1. The molecule has 5 aliphatic rings. The molecule has 5 aromatic rings. The average Bonchev–Trinajstić information content (AvgIpc) is 3.99. The molecule has 0 radical (unpaired) electrons. The number of rotatable bonds is 10. The van der Waals surface area contributed by atoms with E-state index in [0.29, 0.717) is 28.2 Å². The molecule has 1 spiro atoms. The fraction of sp³-hybridized carbons (Fsp3) is 0.543. The minimum Gasteiger partial charge on any atom is -0.381 e. The molecule has 2 N–H and O–H groups in total. The second kappa shape index (κ2) is 17.8. The van der Waals surface area contributed by atoms with Gasteiger partial charge in [-0.25, -0.2) is 23.1 Å². The Morgan fingerprint density at radius 1 is 1.08 bits per heavy atom. The maximum Gasteiger partial charge on any atom is 0.329 e. The minimum absolute atomic E-state index is 0.00767. The maximum absolute atomic E-state index is 14.3. The number of alkyl halides is 2. The summed E-state index contributed by atoms with van der Waals surface area (Å²) in [6, 6.07) is 6.50. The third-order valence-electron chi connectivity index (χ3n) is 14.1. The van der Waals surface area contributed by atoms with Crippen LogP contribution in [0.1, 0.15) is 104 Å². The number of hydrogen-bond acceptors (Lipinski definition) is 11. The van der Waals surface area contributed by atoms with E-state index in [1.807, 2.05) is 18.2 Å². The number of carbonyl (C=O) groups is 3. The van der Waals surface area contributed by atoms with E-state index in [2.05, 4.69) is 42.5 Å². The van der Waals surface area contributed by atoms with Crippen molar-refractivity contribution in [3.63, 3.8) is 0 Å². The molecule has 1 aromatic carbocycles. The van der Waals surface area contributed by atoms with Crippen molar-refractivity contribution in [3.05, 3.63) is 70.2 Å². The molecular formula is C46H53F2N11O6. The van der Waals surface area contributed by atoms with Gasteiger partial charge in [0.05, 0.1) is 47.2 Å². The molecule has 0 bridgehead atoms. The van der Waals surface area contributed by atoms with Gasteiger partial charge in [-0.2, -0.15) is 10.2 Å². The normalized spacial score (nSPS) is 22.9. The van der Waals surface area contributed by atoms with Gasteiger partial charge in [-0.15, -0.1) is 0 Å². The summed E-state index contributed by atoms with van der Waals surface area (Å²) in [5.41, 5.74) is 1.79. The van der Waals surface area contributed by atoms with Crippen molar-refractivity contribution < 1.29 is 32.6 Å². The van der Waals surface area contributed by atoms with Crippen LogP contribution in [-0.4, -0.2) is 115 Å². The molecule has 65 heavy (non-hydrogen) atoms. The Hall–Kier alpha value is -5.97. The second-order valence-corrected chi connectivity index (χ2v) is 18.4. The number of likely N-dealkylation sites (tertiary alicyclic amines) is 1. The zero-order valence-corrected chi connectivity index (χ0v) is 36.4. The highest BCUT2D eigenvalue weighted by molar-refractivity contribution is 6.08. The summed E-state index contributed by atoms with van der Waals surface area (Å²) in [6.07, 6.45) is 9.79. The molecule has 1 atom stereocenters. The Kier molecular flexibility index (Phi) is 11.7. The van der Waals surface area contributed by atoms with Crippen LogP contribution in [0, 0.1) is 23.2 Å². The van der Waals surface area contributed by atoms with Gasteiger partial charge in [-0.1, -0.05) is 17.9 Å². The van der Waals surface area contributed by atoms with Gasteiger partial charge in [-0.3, -0.25) is 33.5 Å². The van der Waals surface area contributed by atoms with E-state index in [1.165, 1.54) is 19.8 Å². The van der Waals surface area contributed by atoms with E-state index < -0.39 is 30.0 Å². The summed E-state index contributed by atoms with van der Waals surface area (Å²) in [4.78, 5) is 60.5. The first-order valence-electron chi connectivity index (χ1n) is 22.7. The highest BCUT2D eigenvalue weighted by atomic mass is 19.3. The van der Waals surface area contributed by atoms with Crippen LogP contribution in [-0.2, 0) is 26.1 Å². The largest absolute Gasteiger partial charge is 0.381 e. The lowest BCUT2D eigenvalue weighted by Crippen LogP contribution is -2.60. The van der Waals surface area contributed by atoms with Crippen LogP contribution in [0.3, 0.4) is 0 Å². The van der Waals surface area contributed by atoms with Crippen LogP contribution >= 0.6 is 0 Å². The van der Waals surface area contributed by atoms with Gasteiger partial charge in [0.15, 0.2) is 11.3 Å². The molecule has 19 heteroatoms. The number of imidazole rings is 1. The van der Waals surface area contributed by atoms with Crippen LogP contribution in [0.15, 0.2) is 47.7 Å². The van der Waals surface area contributed by atoms with Gasteiger partial charge in [0.25, 0.3) is 12.3 Å². The predicted octanol–water partition coefficient (Wildman–Crippen LogP) is 4.63. The van der Waals surface area contributed by atoms with Crippen molar-refractivity contribution in [3.8, 4) is 11.8 Å². The predicted molar refractivity (Wildman–Crippen MR) is 235 cm³/mol. The van der Waals surface area contributed by atoms with Crippen LogP contribution in [0.5, 0.6) is 0 Å². The van der Waals surface area contributed by atoms with E-state index in [4.69, 9.17) is 14.5 Å². The minimum atomic E-state index is -2.86. The van der Waals surface area contributed by atoms with E-state index in [-0.39, 0.29) is 59.9 Å². The van der Waals surface area contributed by atoms with Crippen LogP contribution in [0.4, 0.5) is 20.3 Å². The number of nitrogens with zero attached hydrogens (tertiary/aromatic N) is 9. The van der Waals surface area contributed by atoms with Gasteiger partial charge < -0.3 is 24.6 Å². The third kappa shape index (κ3) is 8.54. The first-order valence-corrected chi connectivity index (χ1v) is 22.7. The fourth-order valence-electron chi connectivity index (χ4n) is 10.6. The second-order valence-electron chi connectivity index (χ2n) is 18.4. The number of hydrogen-bond donors (Lipinski definition) is 2. The van der Waals surface area contributed by atoms with Crippen molar-refractivity contribution in [2.24, 2.45) is 18.4 Å². The monoisotopic (exact) mass is 893 g/mol. The van der Waals surface area contributed by atoms with Crippen molar-refractivity contribution in [2.45, 2.75) is 88.8 Å². The Bertz CT molecular complexity index is 2740. The zero-order valence-electron chi connectivity index (χ0n) is 36.4. The molecule has 4 saturated heterocycles. The summed E-state index contributed by atoms with van der Waals surface area (Å²) < 4.78 is 46.6. The van der Waals surface area contributed by atoms with Crippen molar-refractivity contribution in [1.29, 1.82) is 0 Å². The van der Waals surface area contributed by atoms with E-state index in [9.17, 15) is 28.0 Å². The number of piperidine rings is 2. The number of para-hydroxylation sites is 1. The summed E-state index contributed by atoms with van der Waals surface area (Å²) in [5.74, 6) is 6.13. The zero-order chi connectivity index (χ0) is 44.8. The van der Waals surface area contributed by atoms with Gasteiger partial charge in [0, 0.05) is 70.6 Å². The smallest absolute Gasteiger partial charge is 0.329 e. The van der Waals surface area contributed by atoms with E-state index >= 15 is 0 Å². The number of nitrogens with one attached hydrogen (secondary N) is 2. The molecular weight excluding hydrogens is 841 g/mol. The summed E-state index contributed by atoms with van der Waals surface area (Å²) in [6.45, 7) is 6.23. The first-order chi connectivity index (χ1) is 31.5. The molecule has 17 nitrogen and oxygen atoms in total. The van der Waals surface area contributed by atoms with Gasteiger partial charge in [0.1, 0.15) is 24.0 Å². The standard InChI is InChI=1S/C46H53F2N11O6/c1-54-40-30(5-2-7-35(40)59(45(54)63)36-12-13-38(60)52-44(36)62)6-3-22-65-32-14-18-55(19-15-32)24-29-8-10-31(11-9-29)58-25-34(39(53-58)41(47)48)50-43(61)33-23-49-57-20-16-37(51-42(33)57)56-26-46(27-56)17-4-21-64-28-46/h2,5,7,16,20,23,25,29,31-32,36,41H,4,8-15,17-19,21-22,24,26-28H2,1H3,(H,50,61)(H,52,60,62). The lowest BCUT2D eigenvalue weighted by molar-refractivity contribution is -0.135. The first kappa shape index (κ1) is 43.0. The Labute approximate surface area is 373 Å². The van der Waals surface area contributed by atoms with Crippen LogP contribution in [0.2, 0.25) is 0 Å². The lowest BCUT2D eigenvalue weighted by atomic mass is 9.75. The highest BCUT2D eigenvalue weighted by Gasteiger charge is 2.45. The number of ether oxygens (including phenoxy) is 2. The number of carbonyl (C=O) groups excluding carboxylic acids is 3. The highest BCUT2D eigenvalue weighted by Crippen LogP contribution is 2.40. The fourth-order valence-corrected chi connectivity index (χ4v) is 10.6. The van der Waals surface area contributed by atoms with Gasteiger partial charge in [0.2, 0.25) is 11.8 Å². The van der Waals surface area contributed by atoms with Crippen LogP contribution < -0.4 is 21.2 Å². The Morgan fingerprint density at radius 3 is 2.65 bits per heavy atom. The molecule has 1 unspecified atom stereocenters. The van der Waals surface area contributed by atoms with Crippen LogP contribution in [0.25, 0.3) is 16.7 Å². The number of benzene rings is 1. The number of imide groups is 1. The number of fused-ring (bicyclic) bond motifs is 2. The summed E-state index contributed by atoms with van der Waals surface area (Å²) in [5, 5.41) is 13.6. The molecule has 342 valence electrons. The van der Waals surface area contributed by atoms with Gasteiger partial charge >= 0.3 is 5.69 Å². The molecule has 1 aliphatic carbocycles. The molecule has 4 aromatic heterocycles. The number of anilines is 2. The number of halogens is 2. The number of aromatic nitrogens is 7. The summed E-state index contributed by atoms with van der Waals surface area (Å²) in [7, 11) is 1.66. The Morgan fingerprint density at radius 2 is 1.89 bits per heavy atom. The summed E-state index contributed by atoms with van der Waals surface area (Å²) >= 11 is 0. The SMILES string of the molecule is Cn1c(=O)n(C2CCC(=O)NC2=O)c2cccc(C#CCOC3CCN(CC4CCC(n5cc(NC(=O)c6cnn7ccc(N8CC9(CCCOC9)C8)nc67)c(C(F)F)n5)CC4)CC3)c21. The van der Waals surface area contributed by atoms with E-state index in [0.717, 1.165) is 103 Å². The average molecular weight is 894 g/mol. The number of amides is 3. The Balaban J connectivity index is 0.694. The maximum atomic E-state index is 14.3. The molecule has 1 saturated carbocycles. The lowest BCUT2D eigenvalue weighted by Gasteiger charge is -2.52.